The summed E-state index contributed by atoms with van der Waals surface area (Å²) in [6, 6.07) is 3.70. The molecule has 1 heterocycles. The first kappa shape index (κ1) is 12.1. The summed E-state index contributed by atoms with van der Waals surface area (Å²) in [6.07, 6.45) is 0. The molecule has 1 aromatic heterocycles. The monoisotopic (exact) mass is 249 g/mol. The van der Waals surface area contributed by atoms with Gasteiger partial charge in [-0.3, -0.25) is 0 Å². The lowest BCUT2D eigenvalue weighted by Gasteiger charge is -2.18. The molecule has 17 heavy (non-hydrogen) atoms. The van der Waals surface area contributed by atoms with Gasteiger partial charge in [-0.05, 0) is 24.6 Å². The maximum Gasteiger partial charge on any atom is 0.136 e. The molecule has 90 valence electrons. The quantitative estimate of drug-likeness (QED) is 0.778. The third-order valence-corrected chi connectivity index (χ3v) is 2.87. The lowest BCUT2D eigenvalue weighted by atomic mass is 9.95. The van der Waals surface area contributed by atoms with E-state index in [0.29, 0.717) is 10.8 Å². The van der Waals surface area contributed by atoms with E-state index in [1.807, 2.05) is 19.1 Å². The Balaban J connectivity index is 2.83. The highest BCUT2D eigenvalue weighted by molar-refractivity contribution is 6.31. The SMILES string of the molecule is Cc1cc(Cl)cc2c(N)nc(C(C)(C)C)nc12. The van der Waals surface area contributed by atoms with Gasteiger partial charge in [0.15, 0.2) is 0 Å². The Labute approximate surface area is 106 Å². The zero-order chi connectivity index (χ0) is 12.8. The smallest absolute Gasteiger partial charge is 0.136 e. The molecule has 0 aliphatic carbocycles. The van der Waals surface area contributed by atoms with Crippen molar-refractivity contribution < 1.29 is 0 Å². The molecule has 0 radical (unpaired) electrons. The average Bonchev–Trinajstić information content (AvgIpc) is 2.17. The van der Waals surface area contributed by atoms with Crippen LogP contribution in [0.15, 0.2) is 12.1 Å². The van der Waals surface area contributed by atoms with Gasteiger partial charge in [-0.15, -0.1) is 0 Å². The first-order valence-corrected chi connectivity index (χ1v) is 5.90. The van der Waals surface area contributed by atoms with E-state index in [-0.39, 0.29) is 5.41 Å². The molecule has 2 aromatic rings. The number of nitrogens with zero attached hydrogens (tertiary/aromatic N) is 2. The van der Waals surface area contributed by atoms with E-state index < -0.39 is 0 Å². The first-order valence-electron chi connectivity index (χ1n) is 5.53. The van der Waals surface area contributed by atoms with E-state index in [4.69, 9.17) is 17.3 Å². The molecule has 0 aliphatic rings. The second kappa shape index (κ2) is 3.84. The number of nitrogens with two attached hydrogens (primary N) is 1. The Hall–Kier alpha value is -1.35. The van der Waals surface area contributed by atoms with Crippen LogP contribution in [-0.2, 0) is 5.41 Å². The number of halogens is 1. The number of fused-ring (bicyclic) bond motifs is 1. The van der Waals surface area contributed by atoms with Gasteiger partial charge in [0.1, 0.15) is 11.6 Å². The highest BCUT2D eigenvalue weighted by Crippen LogP contribution is 2.28. The molecule has 1 aromatic carbocycles. The van der Waals surface area contributed by atoms with E-state index in [2.05, 4.69) is 30.7 Å². The average molecular weight is 250 g/mol. The number of rotatable bonds is 0. The lowest BCUT2D eigenvalue weighted by Crippen LogP contribution is -2.17. The second-order valence-electron chi connectivity index (χ2n) is 5.30. The third-order valence-electron chi connectivity index (χ3n) is 2.66. The summed E-state index contributed by atoms with van der Waals surface area (Å²) in [5, 5.41) is 1.48. The van der Waals surface area contributed by atoms with Crippen molar-refractivity contribution in [2.45, 2.75) is 33.1 Å². The molecule has 0 saturated heterocycles. The van der Waals surface area contributed by atoms with E-state index in [0.717, 1.165) is 22.3 Å². The van der Waals surface area contributed by atoms with Gasteiger partial charge in [-0.25, -0.2) is 9.97 Å². The molecular formula is C13H16ClN3. The molecule has 0 bridgehead atoms. The summed E-state index contributed by atoms with van der Waals surface area (Å²) in [4.78, 5) is 8.96. The molecule has 0 aliphatic heterocycles. The van der Waals surface area contributed by atoms with E-state index in [1.165, 1.54) is 0 Å². The van der Waals surface area contributed by atoms with Gasteiger partial charge in [0, 0.05) is 15.8 Å². The lowest BCUT2D eigenvalue weighted by molar-refractivity contribution is 0.549. The predicted molar refractivity (Wildman–Crippen MR) is 72.4 cm³/mol. The highest BCUT2D eigenvalue weighted by Gasteiger charge is 2.19. The molecular weight excluding hydrogens is 234 g/mol. The molecule has 0 saturated carbocycles. The second-order valence-corrected chi connectivity index (χ2v) is 5.74. The minimum absolute atomic E-state index is 0.117. The number of nitrogen functional groups attached to an aromatic ring is 1. The van der Waals surface area contributed by atoms with Crippen molar-refractivity contribution >= 4 is 28.3 Å². The van der Waals surface area contributed by atoms with Gasteiger partial charge in [0.2, 0.25) is 0 Å². The largest absolute Gasteiger partial charge is 0.383 e. The molecule has 0 fully saturated rings. The Morgan fingerprint density at radius 3 is 2.41 bits per heavy atom. The van der Waals surface area contributed by atoms with Gasteiger partial charge in [0.05, 0.1) is 5.52 Å². The van der Waals surface area contributed by atoms with Crippen molar-refractivity contribution in [2.24, 2.45) is 0 Å². The van der Waals surface area contributed by atoms with Crippen LogP contribution in [0.5, 0.6) is 0 Å². The van der Waals surface area contributed by atoms with Crippen molar-refractivity contribution in [1.82, 2.24) is 9.97 Å². The standard InChI is InChI=1S/C13H16ClN3/c1-7-5-8(14)6-9-10(7)16-12(13(2,3)4)17-11(9)15/h5-6H,1-4H3,(H2,15,16,17). The number of aryl methyl sites for hydroxylation is 1. The maximum atomic E-state index is 6.01. The summed E-state index contributed by atoms with van der Waals surface area (Å²) in [5.41, 5.74) is 7.77. The summed E-state index contributed by atoms with van der Waals surface area (Å²) in [7, 11) is 0. The Morgan fingerprint density at radius 1 is 1.18 bits per heavy atom. The summed E-state index contributed by atoms with van der Waals surface area (Å²) < 4.78 is 0. The Bertz CT molecular complexity index is 585. The fourth-order valence-corrected chi connectivity index (χ4v) is 1.99. The Kier molecular flexibility index (Phi) is 2.74. The fraction of sp³-hybridized carbons (Fsp3) is 0.385. The van der Waals surface area contributed by atoms with Crippen LogP contribution in [0.4, 0.5) is 5.82 Å². The minimum Gasteiger partial charge on any atom is -0.383 e. The van der Waals surface area contributed by atoms with Crippen LogP contribution in [-0.4, -0.2) is 9.97 Å². The molecule has 0 spiro atoms. The third kappa shape index (κ3) is 2.20. The predicted octanol–water partition coefficient (Wildman–Crippen LogP) is 3.47. The zero-order valence-electron chi connectivity index (χ0n) is 10.5. The molecule has 0 atom stereocenters. The van der Waals surface area contributed by atoms with Gasteiger partial charge >= 0.3 is 0 Å². The van der Waals surface area contributed by atoms with Crippen LogP contribution in [0.1, 0.15) is 32.2 Å². The van der Waals surface area contributed by atoms with Gasteiger partial charge in [-0.1, -0.05) is 32.4 Å². The van der Waals surface area contributed by atoms with E-state index in [9.17, 15) is 0 Å². The van der Waals surface area contributed by atoms with E-state index >= 15 is 0 Å². The summed E-state index contributed by atoms with van der Waals surface area (Å²) in [6.45, 7) is 8.18. The Morgan fingerprint density at radius 2 is 1.82 bits per heavy atom. The van der Waals surface area contributed by atoms with Crippen molar-refractivity contribution in [3.8, 4) is 0 Å². The number of hydrogen-bond donors (Lipinski definition) is 1. The molecule has 3 nitrogen and oxygen atoms in total. The number of benzene rings is 1. The van der Waals surface area contributed by atoms with Crippen LogP contribution in [0, 0.1) is 6.92 Å². The number of hydrogen-bond acceptors (Lipinski definition) is 3. The fourth-order valence-electron chi connectivity index (χ4n) is 1.72. The minimum atomic E-state index is -0.117. The number of aromatic nitrogens is 2. The normalized spacial score (nSPS) is 12.1. The maximum absolute atomic E-state index is 6.01. The van der Waals surface area contributed by atoms with Gasteiger partial charge < -0.3 is 5.73 Å². The molecule has 0 amide bonds. The van der Waals surface area contributed by atoms with Crippen molar-refractivity contribution in [3.63, 3.8) is 0 Å². The zero-order valence-corrected chi connectivity index (χ0v) is 11.3. The van der Waals surface area contributed by atoms with Crippen LogP contribution in [0.2, 0.25) is 5.02 Å². The van der Waals surface area contributed by atoms with Gasteiger partial charge in [0.25, 0.3) is 0 Å². The van der Waals surface area contributed by atoms with Crippen molar-refractivity contribution in [2.75, 3.05) is 5.73 Å². The van der Waals surface area contributed by atoms with Crippen molar-refractivity contribution in [3.05, 3.63) is 28.5 Å². The van der Waals surface area contributed by atoms with Crippen LogP contribution >= 0.6 is 11.6 Å². The molecule has 2 N–H and O–H groups in total. The van der Waals surface area contributed by atoms with Crippen LogP contribution < -0.4 is 5.73 Å². The number of anilines is 1. The summed E-state index contributed by atoms with van der Waals surface area (Å²) >= 11 is 6.01. The van der Waals surface area contributed by atoms with Crippen LogP contribution in [0.25, 0.3) is 10.9 Å². The summed E-state index contributed by atoms with van der Waals surface area (Å²) in [5.74, 6) is 1.25. The first-order chi connectivity index (χ1) is 7.79. The highest BCUT2D eigenvalue weighted by atomic mass is 35.5. The topological polar surface area (TPSA) is 51.8 Å². The molecule has 2 rings (SSSR count). The molecule has 0 unspecified atom stereocenters. The van der Waals surface area contributed by atoms with E-state index in [1.54, 1.807) is 0 Å². The van der Waals surface area contributed by atoms with Crippen LogP contribution in [0.3, 0.4) is 0 Å². The molecule has 4 heteroatoms. The van der Waals surface area contributed by atoms with Crippen molar-refractivity contribution in [1.29, 1.82) is 0 Å². The van der Waals surface area contributed by atoms with Gasteiger partial charge in [-0.2, -0.15) is 0 Å².